The summed E-state index contributed by atoms with van der Waals surface area (Å²) in [6, 6.07) is 0. The number of terminal acetylenes is 1. The van der Waals surface area contributed by atoms with Gasteiger partial charge in [0.05, 0.1) is 0 Å². The zero-order valence-electron chi connectivity index (χ0n) is 6.85. The SMILES string of the molecule is C#CC(=O)NC(C)(C)CCO. The van der Waals surface area contributed by atoms with Gasteiger partial charge in [-0.1, -0.05) is 0 Å². The molecule has 0 rings (SSSR count). The number of amides is 1. The Bertz CT molecular complexity index is 179. The molecule has 0 atom stereocenters. The molecular formula is C8H13NO2. The average Bonchev–Trinajstić information content (AvgIpc) is 1.86. The van der Waals surface area contributed by atoms with Crippen LogP contribution in [0.2, 0.25) is 0 Å². The first kappa shape index (κ1) is 9.99. The lowest BCUT2D eigenvalue weighted by molar-refractivity contribution is -0.117. The second-order valence-corrected chi connectivity index (χ2v) is 2.96. The smallest absolute Gasteiger partial charge is 0.296 e. The minimum atomic E-state index is -0.441. The van der Waals surface area contributed by atoms with Crippen LogP contribution in [0.5, 0.6) is 0 Å². The third kappa shape index (κ3) is 4.40. The van der Waals surface area contributed by atoms with Crippen molar-refractivity contribution < 1.29 is 9.90 Å². The van der Waals surface area contributed by atoms with E-state index in [0.29, 0.717) is 6.42 Å². The van der Waals surface area contributed by atoms with Gasteiger partial charge in [0.25, 0.3) is 5.91 Å². The Morgan fingerprint density at radius 2 is 2.27 bits per heavy atom. The Morgan fingerprint density at radius 1 is 1.73 bits per heavy atom. The van der Waals surface area contributed by atoms with Crippen LogP contribution >= 0.6 is 0 Å². The average molecular weight is 155 g/mol. The summed E-state index contributed by atoms with van der Waals surface area (Å²) >= 11 is 0. The lowest BCUT2D eigenvalue weighted by atomic mass is 10.0. The monoisotopic (exact) mass is 155 g/mol. The zero-order chi connectivity index (χ0) is 8.91. The molecule has 0 radical (unpaired) electrons. The summed E-state index contributed by atoms with van der Waals surface area (Å²) in [6.45, 7) is 3.65. The second kappa shape index (κ2) is 3.99. The molecule has 1 amide bonds. The summed E-state index contributed by atoms with van der Waals surface area (Å²) in [5, 5.41) is 11.2. The quantitative estimate of drug-likeness (QED) is 0.559. The highest BCUT2D eigenvalue weighted by atomic mass is 16.3. The van der Waals surface area contributed by atoms with Gasteiger partial charge < -0.3 is 10.4 Å². The van der Waals surface area contributed by atoms with E-state index in [0.717, 1.165) is 0 Å². The van der Waals surface area contributed by atoms with Gasteiger partial charge in [0, 0.05) is 12.1 Å². The number of carbonyl (C=O) groups excluding carboxylic acids is 1. The van der Waals surface area contributed by atoms with Crippen molar-refractivity contribution in [3.63, 3.8) is 0 Å². The van der Waals surface area contributed by atoms with E-state index in [1.54, 1.807) is 13.8 Å². The molecule has 0 aliphatic rings. The summed E-state index contributed by atoms with van der Waals surface area (Å²) in [5.74, 6) is 1.51. The van der Waals surface area contributed by atoms with Gasteiger partial charge >= 0.3 is 0 Å². The lowest BCUT2D eigenvalue weighted by Gasteiger charge is -2.23. The van der Waals surface area contributed by atoms with Crippen molar-refractivity contribution in [3.05, 3.63) is 0 Å². The molecule has 0 aromatic carbocycles. The maximum absolute atomic E-state index is 10.7. The van der Waals surface area contributed by atoms with Gasteiger partial charge in [0.1, 0.15) is 0 Å². The molecule has 0 aliphatic carbocycles. The number of hydrogen-bond donors (Lipinski definition) is 2. The maximum atomic E-state index is 10.7. The Balaban J connectivity index is 3.92. The summed E-state index contributed by atoms with van der Waals surface area (Å²) < 4.78 is 0. The molecule has 0 aromatic rings. The highest BCUT2D eigenvalue weighted by Gasteiger charge is 2.17. The minimum absolute atomic E-state index is 0.0395. The van der Waals surface area contributed by atoms with Crippen LogP contribution in [0.15, 0.2) is 0 Å². The predicted molar refractivity (Wildman–Crippen MR) is 42.8 cm³/mol. The van der Waals surface area contributed by atoms with Crippen LogP contribution in [-0.4, -0.2) is 23.2 Å². The van der Waals surface area contributed by atoms with Gasteiger partial charge in [-0.05, 0) is 26.2 Å². The van der Waals surface area contributed by atoms with Crippen LogP contribution in [0.1, 0.15) is 20.3 Å². The molecule has 0 saturated carbocycles. The minimum Gasteiger partial charge on any atom is -0.396 e. The van der Waals surface area contributed by atoms with E-state index in [1.165, 1.54) is 0 Å². The predicted octanol–water partition coefficient (Wildman–Crippen LogP) is -0.103. The van der Waals surface area contributed by atoms with Crippen LogP contribution in [0.4, 0.5) is 0 Å². The zero-order valence-corrected chi connectivity index (χ0v) is 6.85. The number of carbonyl (C=O) groups is 1. The van der Waals surface area contributed by atoms with Gasteiger partial charge in [-0.3, -0.25) is 4.79 Å². The molecular weight excluding hydrogens is 142 g/mol. The van der Waals surface area contributed by atoms with Gasteiger partial charge in [0.15, 0.2) is 0 Å². The van der Waals surface area contributed by atoms with Gasteiger partial charge in [0.2, 0.25) is 0 Å². The molecule has 0 unspecified atom stereocenters. The number of aliphatic hydroxyl groups excluding tert-OH is 1. The first-order valence-corrected chi connectivity index (χ1v) is 3.41. The third-order valence-electron chi connectivity index (χ3n) is 1.32. The van der Waals surface area contributed by atoms with Crippen molar-refractivity contribution in [1.29, 1.82) is 0 Å². The molecule has 0 fully saturated rings. The fraction of sp³-hybridized carbons (Fsp3) is 0.625. The molecule has 2 N–H and O–H groups in total. The molecule has 0 heterocycles. The van der Waals surface area contributed by atoms with Gasteiger partial charge in [-0.25, -0.2) is 0 Å². The molecule has 0 bridgehead atoms. The van der Waals surface area contributed by atoms with E-state index in [2.05, 4.69) is 5.32 Å². The second-order valence-electron chi connectivity index (χ2n) is 2.96. The van der Waals surface area contributed by atoms with Crippen LogP contribution in [0, 0.1) is 12.3 Å². The third-order valence-corrected chi connectivity index (χ3v) is 1.32. The van der Waals surface area contributed by atoms with Gasteiger partial charge in [-0.2, -0.15) is 0 Å². The maximum Gasteiger partial charge on any atom is 0.296 e. The van der Waals surface area contributed by atoms with E-state index < -0.39 is 11.4 Å². The Morgan fingerprint density at radius 3 is 2.64 bits per heavy atom. The molecule has 0 aliphatic heterocycles. The van der Waals surface area contributed by atoms with E-state index in [4.69, 9.17) is 11.5 Å². The molecule has 0 saturated heterocycles. The van der Waals surface area contributed by atoms with E-state index >= 15 is 0 Å². The summed E-state index contributed by atoms with van der Waals surface area (Å²) in [5.41, 5.74) is -0.418. The largest absolute Gasteiger partial charge is 0.396 e. The molecule has 3 nitrogen and oxygen atoms in total. The Labute approximate surface area is 66.8 Å². The number of aliphatic hydroxyl groups is 1. The lowest BCUT2D eigenvalue weighted by Crippen LogP contribution is -2.43. The van der Waals surface area contributed by atoms with Crippen molar-refractivity contribution in [2.75, 3.05) is 6.61 Å². The molecule has 0 aromatic heterocycles. The van der Waals surface area contributed by atoms with E-state index in [9.17, 15) is 4.79 Å². The number of hydrogen-bond acceptors (Lipinski definition) is 2. The first-order chi connectivity index (χ1) is 5.02. The summed E-state index contributed by atoms with van der Waals surface area (Å²) in [6.07, 6.45) is 5.35. The molecule has 0 spiro atoms. The summed E-state index contributed by atoms with van der Waals surface area (Å²) in [7, 11) is 0. The molecule has 3 heteroatoms. The summed E-state index contributed by atoms with van der Waals surface area (Å²) in [4.78, 5) is 10.7. The van der Waals surface area contributed by atoms with E-state index in [1.807, 2.05) is 5.92 Å². The Hall–Kier alpha value is -1.01. The van der Waals surface area contributed by atoms with Crippen molar-refractivity contribution in [2.45, 2.75) is 25.8 Å². The fourth-order valence-electron chi connectivity index (χ4n) is 0.685. The van der Waals surface area contributed by atoms with Gasteiger partial charge in [-0.15, -0.1) is 6.42 Å². The Kier molecular flexibility index (Phi) is 3.63. The van der Waals surface area contributed by atoms with Crippen LogP contribution in [0.25, 0.3) is 0 Å². The van der Waals surface area contributed by atoms with Crippen molar-refractivity contribution in [1.82, 2.24) is 5.32 Å². The van der Waals surface area contributed by atoms with Crippen molar-refractivity contribution in [2.24, 2.45) is 0 Å². The highest BCUT2D eigenvalue weighted by molar-refractivity contribution is 5.93. The van der Waals surface area contributed by atoms with Crippen molar-refractivity contribution >= 4 is 5.91 Å². The fourth-order valence-corrected chi connectivity index (χ4v) is 0.685. The topological polar surface area (TPSA) is 49.3 Å². The van der Waals surface area contributed by atoms with E-state index in [-0.39, 0.29) is 6.61 Å². The number of nitrogens with one attached hydrogen (secondary N) is 1. The molecule has 62 valence electrons. The van der Waals surface area contributed by atoms with Crippen LogP contribution in [-0.2, 0) is 4.79 Å². The van der Waals surface area contributed by atoms with Crippen LogP contribution < -0.4 is 5.32 Å². The van der Waals surface area contributed by atoms with Crippen molar-refractivity contribution in [3.8, 4) is 12.3 Å². The standard InChI is InChI=1S/C8H13NO2/c1-4-7(11)9-8(2,3)5-6-10/h1,10H,5-6H2,2-3H3,(H,9,11). The normalized spacial score (nSPS) is 10.4. The molecule has 11 heavy (non-hydrogen) atoms. The number of rotatable bonds is 3. The highest BCUT2D eigenvalue weighted by Crippen LogP contribution is 2.05. The first-order valence-electron chi connectivity index (χ1n) is 3.41. The van der Waals surface area contributed by atoms with Crippen LogP contribution in [0.3, 0.4) is 0 Å².